The van der Waals surface area contributed by atoms with Gasteiger partial charge in [-0.3, -0.25) is 24.5 Å². The second-order valence-electron chi connectivity index (χ2n) is 14.6. The molecule has 1 aromatic heterocycles. The van der Waals surface area contributed by atoms with E-state index in [9.17, 15) is 24.0 Å². The average Bonchev–Trinajstić information content (AvgIpc) is 3.51. The quantitative estimate of drug-likeness (QED) is 0.270. The topological polar surface area (TPSA) is 183 Å². The zero-order valence-corrected chi connectivity index (χ0v) is 29.6. The second-order valence-corrected chi connectivity index (χ2v) is 14.6. The van der Waals surface area contributed by atoms with E-state index in [2.05, 4.69) is 38.0 Å². The molecule has 14 heteroatoms. The highest BCUT2D eigenvalue weighted by atomic mass is 16.2. The number of hydrogen-bond donors (Lipinski definition) is 4. The van der Waals surface area contributed by atoms with Gasteiger partial charge in [0.2, 0.25) is 17.7 Å². The number of aromatic nitrogens is 2. The van der Waals surface area contributed by atoms with Crippen LogP contribution in [0.3, 0.4) is 0 Å². The van der Waals surface area contributed by atoms with E-state index in [0.29, 0.717) is 30.5 Å². The van der Waals surface area contributed by atoms with Gasteiger partial charge >= 0.3 is 6.03 Å². The highest BCUT2D eigenvalue weighted by Gasteiger charge is 2.35. The number of imide groups is 1. The monoisotopic (exact) mass is 701 g/mol. The van der Waals surface area contributed by atoms with Gasteiger partial charge in [0.05, 0.1) is 12.2 Å². The number of carbonyl (C=O) groups excluding carboxylic acids is 5. The van der Waals surface area contributed by atoms with Crippen molar-refractivity contribution in [1.82, 2.24) is 30.4 Å². The third-order valence-corrected chi connectivity index (χ3v) is 11.0. The van der Waals surface area contributed by atoms with Crippen LogP contribution in [-0.2, 0) is 20.8 Å². The molecule has 3 aliphatic heterocycles. The summed E-state index contributed by atoms with van der Waals surface area (Å²) in [7, 11) is 1.83. The van der Waals surface area contributed by atoms with Crippen LogP contribution in [0.5, 0.6) is 0 Å². The van der Waals surface area contributed by atoms with E-state index < -0.39 is 17.9 Å². The van der Waals surface area contributed by atoms with Gasteiger partial charge in [-0.2, -0.15) is 0 Å². The van der Waals surface area contributed by atoms with Gasteiger partial charge in [-0.05, 0) is 68.6 Å². The third kappa shape index (κ3) is 9.14. The van der Waals surface area contributed by atoms with E-state index in [1.807, 2.05) is 24.1 Å². The second kappa shape index (κ2) is 16.5. The van der Waals surface area contributed by atoms with Gasteiger partial charge in [0.1, 0.15) is 11.9 Å². The summed E-state index contributed by atoms with van der Waals surface area (Å²) in [6.45, 7) is 2.89. The normalized spacial score (nSPS) is 24.7. The number of nitrogens with zero attached hydrogens (tertiary/aromatic N) is 5. The van der Waals surface area contributed by atoms with Gasteiger partial charge in [-0.1, -0.05) is 44.2 Å². The van der Waals surface area contributed by atoms with Crippen molar-refractivity contribution in [3.8, 4) is 0 Å². The van der Waals surface area contributed by atoms with Crippen LogP contribution in [0.2, 0.25) is 0 Å². The molecule has 6 rings (SSSR count). The lowest BCUT2D eigenvalue weighted by Crippen LogP contribution is -2.53. The van der Waals surface area contributed by atoms with Crippen LogP contribution in [0.15, 0.2) is 30.5 Å². The maximum Gasteiger partial charge on any atom is 0.320 e. The van der Waals surface area contributed by atoms with Crippen LogP contribution in [-0.4, -0.2) is 94.7 Å². The predicted molar refractivity (Wildman–Crippen MR) is 192 cm³/mol. The summed E-state index contributed by atoms with van der Waals surface area (Å²) in [5, 5.41) is 8.48. The van der Waals surface area contributed by atoms with Crippen LogP contribution in [0.4, 0.5) is 22.1 Å². The number of anilines is 3. The summed E-state index contributed by atoms with van der Waals surface area (Å²) in [4.78, 5) is 76.4. The molecule has 1 saturated carbocycles. The van der Waals surface area contributed by atoms with E-state index in [0.717, 1.165) is 96.0 Å². The Labute approximate surface area is 299 Å². The summed E-state index contributed by atoms with van der Waals surface area (Å²) in [5.41, 5.74) is 7.75. The van der Waals surface area contributed by atoms with Crippen LogP contribution in [0.25, 0.3) is 0 Å². The van der Waals surface area contributed by atoms with Gasteiger partial charge < -0.3 is 31.1 Å². The Morgan fingerprint density at radius 3 is 2.45 bits per heavy atom. The van der Waals surface area contributed by atoms with Gasteiger partial charge in [0.15, 0.2) is 11.5 Å². The maximum atomic E-state index is 13.0. The lowest BCUT2D eigenvalue weighted by atomic mass is 9.90. The van der Waals surface area contributed by atoms with Crippen LogP contribution < -0.4 is 26.6 Å². The molecule has 0 bridgehead atoms. The first kappa shape index (κ1) is 36.1. The van der Waals surface area contributed by atoms with Crippen molar-refractivity contribution in [1.29, 1.82) is 0 Å². The first-order chi connectivity index (χ1) is 24.6. The van der Waals surface area contributed by atoms with Crippen LogP contribution in [0.1, 0.15) is 93.1 Å². The highest BCUT2D eigenvalue weighted by Crippen LogP contribution is 2.30. The first-order valence-corrected chi connectivity index (χ1v) is 18.6. The molecule has 4 aliphatic rings. The van der Waals surface area contributed by atoms with Crippen molar-refractivity contribution < 1.29 is 24.0 Å². The number of carbonyl (C=O) groups is 5. The zero-order chi connectivity index (χ0) is 35.9. The average molecular weight is 702 g/mol. The summed E-state index contributed by atoms with van der Waals surface area (Å²) in [6, 6.07) is 7.68. The van der Waals surface area contributed by atoms with Crippen LogP contribution >= 0.6 is 0 Å². The van der Waals surface area contributed by atoms with Crippen molar-refractivity contribution in [3.63, 3.8) is 0 Å². The molecule has 274 valence electrons. The molecule has 3 saturated heterocycles. The summed E-state index contributed by atoms with van der Waals surface area (Å²) in [5.74, 6) is 0.00591. The predicted octanol–water partition coefficient (Wildman–Crippen LogP) is 3.49. The fraction of sp³-hybridized carbons (Fsp3) is 0.595. The lowest BCUT2D eigenvalue weighted by molar-refractivity contribution is -0.138. The molecule has 4 fully saturated rings. The van der Waals surface area contributed by atoms with Gasteiger partial charge in [-0.15, -0.1) is 0 Å². The Hall–Kier alpha value is -4.75. The molecular formula is C37H51N9O5. The Bertz CT molecular complexity index is 1600. The smallest absolute Gasteiger partial charge is 0.320 e. The maximum absolute atomic E-state index is 13.0. The molecule has 1 aliphatic carbocycles. The van der Waals surface area contributed by atoms with Gasteiger partial charge in [0.25, 0.3) is 5.91 Å². The Morgan fingerprint density at radius 1 is 0.941 bits per heavy atom. The van der Waals surface area contributed by atoms with E-state index in [-0.39, 0.29) is 41.9 Å². The molecule has 6 amide bonds. The molecule has 4 atom stereocenters. The number of likely N-dealkylation sites (N-methyl/N-ethyl adjacent to an activating group) is 1. The number of aryl methyl sites for hydroxylation is 1. The summed E-state index contributed by atoms with van der Waals surface area (Å²) in [6.07, 6.45) is 12.9. The van der Waals surface area contributed by atoms with Crippen molar-refractivity contribution in [2.45, 2.75) is 95.6 Å². The SMILES string of the molecule is CN1CCN(C2CCCN(c3cnc(C(N)=O)c(Nc4ccc(CCC5CCCCC(C(=O)NC6CCC(=O)NC6=O)CCC5)cc4)n3)C2)C1=O. The first-order valence-electron chi connectivity index (χ1n) is 18.6. The number of nitrogens with one attached hydrogen (secondary N) is 3. The molecule has 14 nitrogen and oxygen atoms in total. The van der Waals surface area contributed by atoms with E-state index in [4.69, 9.17) is 10.7 Å². The third-order valence-electron chi connectivity index (χ3n) is 11.0. The molecule has 4 heterocycles. The molecule has 51 heavy (non-hydrogen) atoms. The number of amides is 6. The molecule has 0 spiro atoms. The van der Waals surface area contributed by atoms with Crippen molar-refractivity contribution in [2.75, 3.05) is 43.4 Å². The fourth-order valence-corrected chi connectivity index (χ4v) is 7.92. The number of piperidine rings is 2. The minimum absolute atomic E-state index is 0.0624. The number of urea groups is 1. The van der Waals surface area contributed by atoms with Crippen molar-refractivity contribution in [3.05, 3.63) is 41.7 Å². The minimum Gasteiger partial charge on any atom is -0.364 e. The molecule has 2 aromatic rings. The van der Waals surface area contributed by atoms with E-state index in [1.54, 1.807) is 11.1 Å². The Morgan fingerprint density at radius 2 is 1.71 bits per heavy atom. The molecule has 4 unspecified atom stereocenters. The molecule has 5 N–H and O–H groups in total. The van der Waals surface area contributed by atoms with E-state index >= 15 is 0 Å². The minimum atomic E-state index is -0.661. The molecular weight excluding hydrogens is 650 g/mol. The fourth-order valence-electron chi connectivity index (χ4n) is 7.92. The highest BCUT2D eigenvalue weighted by molar-refractivity contribution is 6.01. The zero-order valence-electron chi connectivity index (χ0n) is 29.6. The lowest BCUT2D eigenvalue weighted by Gasteiger charge is -2.37. The number of rotatable bonds is 10. The largest absolute Gasteiger partial charge is 0.364 e. The van der Waals surface area contributed by atoms with Crippen molar-refractivity contribution >= 4 is 47.0 Å². The number of benzene rings is 1. The van der Waals surface area contributed by atoms with Crippen molar-refractivity contribution in [2.24, 2.45) is 17.6 Å². The van der Waals surface area contributed by atoms with Crippen LogP contribution in [0, 0.1) is 11.8 Å². The summed E-state index contributed by atoms with van der Waals surface area (Å²) >= 11 is 0. The Balaban J connectivity index is 1.00. The van der Waals surface area contributed by atoms with Gasteiger partial charge in [0, 0.05) is 51.3 Å². The Kier molecular flexibility index (Phi) is 11.7. The number of nitrogens with two attached hydrogens (primary N) is 1. The standard InChI is InChI=1S/C37H51N9O5/c1-44-20-21-46(37(44)51)28-10-5-19-45(23-28)30-22-39-32(33(38)48)34(42-30)40-27-15-13-25(14-16-27)12-11-24-6-2-3-8-26(9-4-7-24)35(49)41-29-17-18-31(47)43-36(29)50/h13-16,22,24,26,28-29H,2-12,17-21,23H2,1H3,(H2,38,48)(H,40,42)(H,41,49)(H,43,47,50). The molecule has 0 radical (unpaired) electrons. The van der Waals surface area contributed by atoms with E-state index in [1.165, 1.54) is 5.56 Å². The number of hydrogen-bond acceptors (Lipinski definition) is 9. The number of primary amides is 1. The summed E-state index contributed by atoms with van der Waals surface area (Å²) < 4.78 is 0. The van der Waals surface area contributed by atoms with Gasteiger partial charge in [-0.25, -0.2) is 14.8 Å². The molecule has 1 aromatic carbocycles.